The largest absolute Gasteiger partial charge is 0.338 e. The number of amides is 3. The average molecular weight is 433 g/mol. The zero-order valence-electron chi connectivity index (χ0n) is 16.8. The van der Waals surface area contributed by atoms with Gasteiger partial charge in [-0.25, -0.2) is 9.78 Å². The molecule has 0 atom stereocenters. The summed E-state index contributed by atoms with van der Waals surface area (Å²) in [6.07, 6.45) is 7.44. The number of nitrogens with one attached hydrogen (secondary N) is 2. The van der Waals surface area contributed by atoms with Crippen LogP contribution in [0.2, 0.25) is 0 Å². The summed E-state index contributed by atoms with van der Waals surface area (Å²) in [6, 6.07) is 4.43. The summed E-state index contributed by atoms with van der Waals surface area (Å²) in [5.74, 6) is 0.0629. The van der Waals surface area contributed by atoms with Crippen molar-refractivity contribution in [2.75, 3.05) is 13.1 Å². The van der Waals surface area contributed by atoms with Gasteiger partial charge in [0.1, 0.15) is 9.88 Å². The van der Waals surface area contributed by atoms with Gasteiger partial charge in [-0.1, -0.05) is 25.3 Å². The molecule has 2 N–H and O–H groups in total. The Kier molecular flexibility index (Phi) is 6.50. The van der Waals surface area contributed by atoms with E-state index < -0.39 is 0 Å². The predicted octanol–water partition coefficient (Wildman–Crippen LogP) is 4.42. The Morgan fingerprint density at radius 3 is 2.41 bits per heavy atom. The highest BCUT2D eigenvalue weighted by Gasteiger charge is 2.28. The standard InChI is InChI=1S/C21H28N4O2S2/c1-14-18(29-19(22-14)17-8-5-13-28-17)20(26)25-11-9-16(10-12-25)24-21(27)23-15-6-3-2-4-7-15/h5,8,13,15-16H,2-4,6-7,9-12H2,1H3,(H2,23,24,27). The number of piperidine rings is 1. The van der Waals surface area contributed by atoms with E-state index in [2.05, 4.69) is 15.6 Å². The molecular formula is C21H28N4O2S2. The van der Waals surface area contributed by atoms with Gasteiger partial charge in [-0.2, -0.15) is 0 Å². The molecular weight excluding hydrogens is 404 g/mol. The number of carbonyl (C=O) groups excluding carboxylic acids is 2. The summed E-state index contributed by atoms with van der Waals surface area (Å²) in [5.41, 5.74) is 0.801. The van der Waals surface area contributed by atoms with Crippen molar-refractivity contribution in [2.45, 2.75) is 64.0 Å². The van der Waals surface area contributed by atoms with E-state index in [0.29, 0.717) is 19.1 Å². The fourth-order valence-electron chi connectivity index (χ4n) is 4.13. The lowest BCUT2D eigenvalue weighted by atomic mass is 9.96. The third-order valence-electron chi connectivity index (χ3n) is 5.78. The van der Waals surface area contributed by atoms with Crippen LogP contribution in [0.4, 0.5) is 4.79 Å². The number of rotatable bonds is 4. The minimum Gasteiger partial charge on any atom is -0.338 e. The molecule has 3 heterocycles. The highest BCUT2D eigenvalue weighted by atomic mass is 32.1. The van der Waals surface area contributed by atoms with Gasteiger partial charge in [-0.05, 0) is 44.1 Å². The number of likely N-dealkylation sites (tertiary alicyclic amines) is 1. The van der Waals surface area contributed by atoms with E-state index in [9.17, 15) is 9.59 Å². The monoisotopic (exact) mass is 432 g/mol. The molecule has 1 saturated carbocycles. The fourth-order valence-corrected chi connectivity index (χ4v) is 5.96. The van der Waals surface area contributed by atoms with Gasteiger partial charge in [0.25, 0.3) is 5.91 Å². The summed E-state index contributed by atoms with van der Waals surface area (Å²) in [5, 5.41) is 9.15. The number of thiophene rings is 1. The summed E-state index contributed by atoms with van der Waals surface area (Å²) in [6.45, 7) is 3.24. The van der Waals surface area contributed by atoms with Crippen molar-refractivity contribution in [1.82, 2.24) is 20.5 Å². The van der Waals surface area contributed by atoms with Gasteiger partial charge in [0.15, 0.2) is 0 Å². The van der Waals surface area contributed by atoms with Crippen molar-refractivity contribution in [1.29, 1.82) is 0 Å². The third-order valence-corrected chi connectivity index (χ3v) is 7.97. The zero-order valence-corrected chi connectivity index (χ0v) is 18.4. The molecule has 6 nitrogen and oxygen atoms in total. The number of nitrogens with zero attached hydrogens (tertiary/aromatic N) is 2. The molecule has 0 radical (unpaired) electrons. The Bertz CT molecular complexity index is 835. The van der Waals surface area contributed by atoms with Crippen molar-refractivity contribution < 1.29 is 9.59 Å². The highest BCUT2D eigenvalue weighted by Crippen LogP contribution is 2.32. The van der Waals surface area contributed by atoms with Crippen LogP contribution in [0, 0.1) is 6.92 Å². The zero-order chi connectivity index (χ0) is 20.2. The van der Waals surface area contributed by atoms with Gasteiger partial charge in [-0.15, -0.1) is 22.7 Å². The summed E-state index contributed by atoms with van der Waals surface area (Å²) < 4.78 is 0. The first-order valence-electron chi connectivity index (χ1n) is 10.5. The molecule has 156 valence electrons. The topological polar surface area (TPSA) is 74.3 Å². The first-order valence-corrected chi connectivity index (χ1v) is 12.2. The quantitative estimate of drug-likeness (QED) is 0.751. The summed E-state index contributed by atoms with van der Waals surface area (Å²) >= 11 is 3.12. The third kappa shape index (κ3) is 4.98. The maximum atomic E-state index is 13.0. The molecule has 2 aromatic rings. The lowest BCUT2D eigenvalue weighted by Gasteiger charge is -2.33. The van der Waals surface area contributed by atoms with Gasteiger partial charge >= 0.3 is 6.03 Å². The Labute approximate surface area is 179 Å². The van der Waals surface area contributed by atoms with Crippen LogP contribution in [0.15, 0.2) is 17.5 Å². The molecule has 2 aromatic heterocycles. The summed E-state index contributed by atoms with van der Waals surface area (Å²) in [4.78, 5) is 33.6. The lowest BCUT2D eigenvalue weighted by Crippen LogP contribution is -2.51. The minimum atomic E-state index is -0.0550. The molecule has 4 rings (SSSR count). The molecule has 29 heavy (non-hydrogen) atoms. The maximum absolute atomic E-state index is 13.0. The number of hydrogen-bond acceptors (Lipinski definition) is 5. The van der Waals surface area contributed by atoms with Crippen molar-refractivity contribution in [3.63, 3.8) is 0 Å². The van der Waals surface area contributed by atoms with E-state index in [4.69, 9.17) is 0 Å². The highest BCUT2D eigenvalue weighted by molar-refractivity contribution is 7.22. The molecule has 8 heteroatoms. The Hall–Kier alpha value is -1.93. The maximum Gasteiger partial charge on any atom is 0.315 e. The van der Waals surface area contributed by atoms with Gasteiger partial charge in [0.2, 0.25) is 0 Å². The molecule has 0 unspecified atom stereocenters. The lowest BCUT2D eigenvalue weighted by molar-refractivity contribution is 0.0712. The first-order chi connectivity index (χ1) is 14.1. The van der Waals surface area contributed by atoms with Gasteiger partial charge in [-0.3, -0.25) is 4.79 Å². The number of carbonyl (C=O) groups is 2. The van der Waals surface area contributed by atoms with Crippen LogP contribution in [0.3, 0.4) is 0 Å². The number of thiazole rings is 1. The molecule has 2 aliphatic rings. The van der Waals surface area contributed by atoms with Crippen molar-refractivity contribution in [3.8, 4) is 9.88 Å². The van der Waals surface area contributed by atoms with Crippen molar-refractivity contribution in [2.24, 2.45) is 0 Å². The molecule has 3 amide bonds. The van der Waals surface area contributed by atoms with E-state index >= 15 is 0 Å². The van der Waals surface area contributed by atoms with E-state index in [-0.39, 0.29) is 18.0 Å². The molecule has 2 fully saturated rings. The predicted molar refractivity (Wildman–Crippen MR) is 118 cm³/mol. The average Bonchev–Trinajstić information content (AvgIpc) is 3.38. The molecule has 1 saturated heterocycles. The molecule has 0 bridgehead atoms. The van der Waals surface area contributed by atoms with E-state index in [0.717, 1.165) is 46.1 Å². The van der Waals surface area contributed by atoms with E-state index in [1.807, 2.05) is 29.3 Å². The van der Waals surface area contributed by atoms with Gasteiger partial charge in [0, 0.05) is 25.2 Å². The minimum absolute atomic E-state index is 0.0550. The van der Waals surface area contributed by atoms with E-state index in [1.54, 1.807) is 11.3 Å². The number of urea groups is 1. The van der Waals surface area contributed by atoms with E-state index in [1.165, 1.54) is 30.6 Å². The SMILES string of the molecule is Cc1nc(-c2cccs2)sc1C(=O)N1CCC(NC(=O)NC2CCCCC2)CC1. The second kappa shape index (κ2) is 9.26. The molecule has 1 aliphatic carbocycles. The van der Waals surface area contributed by atoms with Crippen LogP contribution in [-0.2, 0) is 0 Å². The molecule has 1 aliphatic heterocycles. The smallest absolute Gasteiger partial charge is 0.315 e. The normalized spacial score (nSPS) is 18.6. The molecule has 0 spiro atoms. The Morgan fingerprint density at radius 1 is 1.07 bits per heavy atom. The second-order valence-corrected chi connectivity index (χ2v) is 9.88. The Morgan fingerprint density at radius 2 is 1.76 bits per heavy atom. The van der Waals surface area contributed by atoms with Crippen LogP contribution in [0.25, 0.3) is 9.88 Å². The second-order valence-electron chi connectivity index (χ2n) is 7.93. The number of aryl methyl sites for hydroxylation is 1. The van der Waals surface area contributed by atoms with Gasteiger partial charge in [0.05, 0.1) is 10.6 Å². The van der Waals surface area contributed by atoms with Crippen LogP contribution in [0.1, 0.15) is 60.3 Å². The number of aromatic nitrogens is 1. The first kappa shape index (κ1) is 20.3. The van der Waals surface area contributed by atoms with Crippen LogP contribution >= 0.6 is 22.7 Å². The van der Waals surface area contributed by atoms with Crippen LogP contribution in [-0.4, -0.2) is 47.0 Å². The van der Waals surface area contributed by atoms with Gasteiger partial charge < -0.3 is 15.5 Å². The van der Waals surface area contributed by atoms with Crippen molar-refractivity contribution in [3.05, 3.63) is 28.1 Å². The van der Waals surface area contributed by atoms with Crippen LogP contribution in [0.5, 0.6) is 0 Å². The number of hydrogen-bond donors (Lipinski definition) is 2. The molecule has 0 aromatic carbocycles. The Balaban J connectivity index is 1.28. The summed E-state index contributed by atoms with van der Waals surface area (Å²) in [7, 11) is 0. The fraction of sp³-hybridized carbons (Fsp3) is 0.571. The van der Waals surface area contributed by atoms with Crippen LogP contribution < -0.4 is 10.6 Å². The van der Waals surface area contributed by atoms with Crippen molar-refractivity contribution >= 4 is 34.6 Å².